The first-order valence-corrected chi connectivity index (χ1v) is 9.15. The Kier molecular flexibility index (Phi) is 4.33. The summed E-state index contributed by atoms with van der Waals surface area (Å²) < 4.78 is 1.81. The molecule has 4 nitrogen and oxygen atoms in total. The largest absolute Gasteiger partial charge is 0.339 e. The molecule has 26 heavy (non-hydrogen) atoms. The molecule has 1 aliphatic heterocycles. The molecule has 1 aromatic heterocycles. The summed E-state index contributed by atoms with van der Waals surface area (Å²) in [7, 11) is 0. The number of rotatable bonds is 3. The van der Waals surface area contributed by atoms with Crippen molar-refractivity contribution in [2.24, 2.45) is 0 Å². The predicted molar refractivity (Wildman–Crippen MR) is 104 cm³/mol. The second-order valence-electron chi connectivity index (χ2n) is 6.97. The third-order valence-electron chi connectivity index (χ3n) is 5.14. The van der Waals surface area contributed by atoms with Gasteiger partial charge in [-0.3, -0.25) is 4.79 Å². The van der Waals surface area contributed by atoms with E-state index in [0.717, 1.165) is 42.9 Å². The molecule has 1 saturated heterocycles. The van der Waals surface area contributed by atoms with Gasteiger partial charge in [0.1, 0.15) is 5.69 Å². The van der Waals surface area contributed by atoms with Crippen LogP contribution < -0.4 is 0 Å². The molecule has 0 N–H and O–H groups in total. The summed E-state index contributed by atoms with van der Waals surface area (Å²) in [5, 5.41) is 4.78. The van der Waals surface area contributed by atoms with E-state index < -0.39 is 0 Å². The topological polar surface area (TPSA) is 38.1 Å². The fraction of sp³-hybridized carbons (Fsp3) is 0.273. The van der Waals surface area contributed by atoms with Gasteiger partial charge in [-0.2, -0.15) is 5.10 Å². The van der Waals surface area contributed by atoms with E-state index in [1.54, 1.807) is 0 Å². The second kappa shape index (κ2) is 6.79. The normalized spacial score (nSPS) is 14.0. The lowest BCUT2D eigenvalue weighted by Crippen LogP contribution is -2.27. The van der Waals surface area contributed by atoms with Crippen LogP contribution in [0.3, 0.4) is 0 Å². The molecule has 0 bridgehead atoms. The second-order valence-corrected chi connectivity index (χ2v) is 6.97. The molecule has 0 unspecified atom stereocenters. The van der Waals surface area contributed by atoms with Gasteiger partial charge in [0.2, 0.25) is 0 Å². The standard InChI is InChI=1S/C22H23N3O/c1-16-10-11-18(14-17(16)2)21-20(22(26)24-12-6-7-13-24)15-25(23-21)19-8-4-3-5-9-19/h3-5,8-11,14-15H,6-7,12-13H2,1-2H3. The van der Waals surface area contributed by atoms with Crippen LogP contribution in [0.1, 0.15) is 34.3 Å². The molecule has 0 atom stereocenters. The van der Waals surface area contributed by atoms with Gasteiger partial charge in [0.25, 0.3) is 5.91 Å². The van der Waals surface area contributed by atoms with Gasteiger partial charge < -0.3 is 4.90 Å². The molecule has 0 spiro atoms. The van der Waals surface area contributed by atoms with Crippen molar-refractivity contribution in [3.05, 3.63) is 71.4 Å². The van der Waals surface area contributed by atoms with Crippen molar-refractivity contribution >= 4 is 5.91 Å². The lowest BCUT2D eigenvalue weighted by molar-refractivity contribution is 0.0793. The number of hydrogen-bond donors (Lipinski definition) is 0. The molecule has 4 heteroatoms. The number of aromatic nitrogens is 2. The number of para-hydroxylation sites is 1. The van der Waals surface area contributed by atoms with Crippen molar-refractivity contribution in [1.82, 2.24) is 14.7 Å². The first kappa shape index (κ1) is 16.6. The zero-order chi connectivity index (χ0) is 18.1. The highest BCUT2D eigenvalue weighted by atomic mass is 16.2. The van der Waals surface area contributed by atoms with E-state index in [0.29, 0.717) is 5.56 Å². The number of benzene rings is 2. The van der Waals surface area contributed by atoms with Crippen molar-refractivity contribution in [1.29, 1.82) is 0 Å². The first-order valence-electron chi connectivity index (χ1n) is 9.15. The van der Waals surface area contributed by atoms with Crippen LogP contribution in [0.4, 0.5) is 0 Å². The van der Waals surface area contributed by atoms with Crippen LogP contribution in [0.25, 0.3) is 16.9 Å². The van der Waals surface area contributed by atoms with Gasteiger partial charge in [0.05, 0.1) is 11.3 Å². The third kappa shape index (κ3) is 3.03. The fourth-order valence-corrected chi connectivity index (χ4v) is 3.44. The third-order valence-corrected chi connectivity index (χ3v) is 5.14. The van der Waals surface area contributed by atoms with Gasteiger partial charge in [-0.05, 0) is 56.0 Å². The summed E-state index contributed by atoms with van der Waals surface area (Å²) in [5.74, 6) is 0.0814. The quantitative estimate of drug-likeness (QED) is 0.706. The number of likely N-dealkylation sites (tertiary alicyclic amines) is 1. The van der Waals surface area contributed by atoms with Crippen LogP contribution in [0.15, 0.2) is 54.7 Å². The summed E-state index contributed by atoms with van der Waals surface area (Å²) in [5.41, 5.74) is 5.83. The average molecular weight is 345 g/mol. The van der Waals surface area contributed by atoms with E-state index in [4.69, 9.17) is 5.10 Å². The Morgan fingerprint density at radius 2 is 1.69 bits per heavy atom. The maximum Gasteiger partial charge on any atom is 0.257 e. The molecule has 1 amide bonds. The SMILES string of the molecule is Cc1ccc(-c2nn(-c3ccccc3)cc2C(=O)N2CCCC2)cc1C. The van der Waals surface area contributed by atoms with E-state index in [-0.39, 0.29) is 5.91 Å². The molecular formula is C22H23N3O. The molecule has 0 aliphatic carbocycles. The van der Waals surface area contributed by atoms with Crippen LogP contribution in [0, 0.1) is 13.8 Å². The van der Waals surface area contributed by atoms with Crippen molar-refractivity contribution < 1.29 is 4.79 Å². The smallest absolute Gasteiger partial charge is 0.257 e. The summed E-state index contributed by atoms with van der Waals surface area (Å²) in [4.78, 5) is 15.1. The van der Waals surface area contributed by atoms with Crippen molar-refractivity contribution in [2.45, 2.75) is 26.7 Å². The molecule has 0 radical (unpaired) electrons. The van der Waals surface area contributed by atoms with Crippen LogP contribution in [0.5, 0.6) is 0 Å². The minimum Gasteiger partial charge on any atom is -0.339 e. The maximum atomic E-state index is 13.1. The summed E-state index contributed by atoms with van der Waals surface area (Å²) >= 11 is 0. The van der Waals surface area contributed by atoms with E-state index >= 15 is 0 Å². The molecule has 2 heterocycles. The summed E-state index contributed by atoms with van der Waals surface area (Å²) in [6.07, 6.45) is 4.04. The lowest BCUT2D eigenvalue weighted by atomic mass is 10.0. The number of amides is 1. The summed E-state index contributed by atoms with van der Waals surface area (Å²) in [6.45, 7) is 5.86. The lowest BCUT2D eigenvalue weighted by Gasteiger charge is -2.15. The number of carbonyl (C=O) groups excluding carboxylic acids is 1. The van der Waals surface area contributed by atoms with Crippen LogP contribution in [-0.2, 0) is 0 Å². The Bertz CT molecular complexity index is 937. The fourth-order valence-electron chi connectivity index (χ4n) is 3.44. The zero-order valence-corrected chi connectivity index (χ0v) is 15.3. The number of nitrogens with zero attached hydrogens (tertiary/aromatic N) is 3. The Labute approximate surface area is 154 Å². The van der Waals surface area contributed by atoms with Crippen molar-refractivity contribution in [3.8, 4) is 16.9 Å². The van der Waals surface area contributed by atoms with Crippen LogP contribution in [0.2, 0.25) is 0 Å². The minimum atomic E-state index is 0.0814. The average Bonchev–Trinajstić information content (AvgIpc) is 3.34. The molecule has 0 saturated carbocycles. The van der Waals surface area contributed by atoms with Gasteiger partial charge in [0, 0.05) is 24.8 Å². The van der Waals surface area contributed by atoms with Gasteiger partial charge in [0.15, 0.2) is 0 Å². The van der Waals surface area contributed by atoms with E-state index in [1.165, 1.54) is 11.1 Å². The van der Waals surface area contributed by atoms with Gasteiger partial charge in [-0.25, -0.2) is 4.68 Å². The van der Waals surface area contributed by atoms with Crippen molar-refractivity contribution in [2.75, 3.05) is 13.1 Å². The highest BCUT2D eigenvalue weighted by molar-refractivity contribution is 6.00. The molecule has 1 aliphatic rings. The number of hydrogen-bond acceptors (Lipinski definition) is 2. The molecular weight excluding hydrogens is 322 g/mol. The Balaban J connectivity index is 1.83. The molecule has 3 aromatic rings. The van der Waals surface area contributed by atoms with E-state index in [9.17, 15) is 4.79 Å². The highest BCUT2D eigenvalue weighted by Crippen LogP contribution is 2.27. The highest BCUT2D eigenvalue weighted by Gasteiger charge is 2.25. The van der Waals surface area contributed by atoms with Gasteiger partial charge in [-0.15, -0.1) is 0 Å². The molecule has 4 rings (SSSR count). The van der Waals surface area contributed by atoms with E-state index in [2.05, 4.69) is 32.0 Å². The van der Waals surface area contributed by atoms with Crippen LogP contribution in [-0.4, -0.2) is 33.7 Å². The van der Waals surface area contributed by atoms with Crippen LogP contribution >= 0.6 is 0 Å². The predicted octanol–water partition coefficient (Wildman–Crippen LogP) is 4.39. The Hall–Kier alpha value is -2.88. The molecule has 132 valence electrons. The monoisotopic (exact) mass is 345 g/mol. The zero-order valence-electron chi connectivity index (χ0n) is 15.3. The van der Waals surface area contributed by atoms with Gasteiger partial charge in [-0.1, -0.05) is 30.3 Å². The number of carbonyl (C=O) groups is 1. The molecule has 1 fully saturated rings. The van der Waals surface area contributed by atoms with E-state index in [1.807, 2.05) is 46.1 Å². The van der Waals surface area contributed by atoms with Gasteiger partial charge >= 0.3 is 0 Å². The Morgan fingerprint density at radius 1 is 0.962 bits per heavy atom. The molecule has 2 aromatic carbocycles. The van der Waals surface area contributed by atoms with Crippen molar-refractivity contribution in [3.63, 3.8) is 0 Å². The summed E-state index contributed by atoms with van der Waals surface area (Å²) in [6, 6.07) is 16.2. The minimum absolute atomic E-state index is 0.0814. The maximum absolute atomic E-state index is 13.1. The first-order chi connectivity index (χ1) is 12.6. The Morgan fingerprint density at radius 3 is 2.38 bits per heavy atom. The number of aryl methyl sites for hydroxylation is 2.